The number of amides is 1. The summed E-state index contributed by atoms with van der Waals surface area (Å²) in [5.41, 5.74) is 1.44. The Morgan fingerprint density at radius 3 is 2.50 bits per heavy atom. The molecular formula is C21H31N3O2. The van der Waals surface area contributed by atoms with E-state index in [0.717, 1.165) is 49.4 Å². The van der Waals surface area contributed by atoms with Crippen molar-refractivity contribution in [3.8, 4) is 5.75 Å². The van der Waals surface area contributed by atoms with Gasteiger partial charge in [0.25, 0.3) is 0 Å². The molecule has 3 rings (SSSR count). The third-order valence-corrected chi connectivity index (χ3v) is 5.19. The normalized spacial score (nSPS) is 16.2. The van der Waals surface area contributed by atoms with Crippen LogP contribution in [0.15, 0.2) is 30.5 Å². The topological polar surface area (TPSA) is 37.7 Å². The van der Waals surface area contributed by atoms with Crippen molar-refractivity contribution in [1.29, 1.82) is 0 Å². The molecule has 0 aliphatic carbocycles. The number of benzene rings is 1. The average molecular weight is 357 g/mol. The number of carbonyl (C=O) groups is 1. The van der Waals surface area contributed by atoms with Crippen LogP contribution < -0.4 is 4.74 Å². The standard InChI is InChI=1S/C21H31N3O2/c1-21(2,3)8-10-22-11-13-23(14-12-22)20(25)16-24-9-7-17-15-18(26-4)5-6-19(17)24/h5-7,9,15H,8,10-14,16H2,1-4H3. The fourth-order valence-electron chi connectivity index (χ4n) is 3.40. The number of fused-ring (bicyclic) bond motifs is 1. The van der Waals surface area contributed by atoms with Crippen molar-refractivity contribution in [1.82, 2.24) is 14.4 Å². The predicted molar refractivity (Wildman–Crippen MR) is 106 cm³/mol. The Hall–Kier alpha value is -2.01. The van der Waals surface area contributed by atoms with Gasteiger partial charge in [0.15, 0.2) is 0 Å². The van der Waals surface area contributed by atoms with E-state index in [4.69, 9.17) is 4.74 Å². The summed E-state index contributed by atoms with van der Waals surface area (Å²) in [7, 11) is 1.67. The average Bonchev–Trinajstić information content (AvgIpc) is 3.01. The van der Waals surface area contributed by atoms with Crippen LogP contribution in [0.2, 0.25) is 0 Å². The molecule has 1 amide bonds. The summed E-state index contributed by atoms with van der Waals surface area (Å²) in [5, 5.41) is 1.10. The SMILES string of the molecule is COc1ccc2c(ccn2CC(=O)N2CCN(CCC(C)(C)C)CC2)c1. The number of aromatic nitrogens is 1. The second kappa shape index (κ2) is 7.70. The van der Waals surface area contributed by atoms with E-state index in [0.29, 0.717) is 12.0 Å². The van der Waals surface area contributed by atoms with Gasteiger partial charge in [-0.1, -0.05) is 20.8 Å². The zero-order valence-corrected chi connectivity index (χ0v) is 16.5. The Labute approximate surface area is 156 Å². The number of piperazine rings is 1. The van der Waals surface area contributed by atoms with Gasteiger partial charge in [0.05, 0.1) is 7.11 Å². The van der Waals surface area contributed by atoms with Crippen molar-refractivity contribution < 1.29 is 9.53 Å². The van der Waals surface area contributed by atoms with Crippen LogP contribution in [0.3, 0.4) is 0 Å². The zero-order chi connectivity index (χ0) is 18.7. The van der Waals surface area contributed by atoms with Crippen molar-refractivity contribution in [3.05, 3.63) is 30.5 Å². The molecule has 2 heterocycles. The summed E-state index contributed by atoms with van der Waals surface area (Å²) in [6, 6.07) is 8.00. The predicted octanol–water partition coefficient (Wildman–Crippen LogP) is 3.23. The Morgan fingerprint density at radius 1 is 1.12 bits per heavy atom. The van der Waals surface area contributed by atoms with Crippen molar-refractivity contribution in [2.45, 2.75) is 33.7 Å². The third kappa shape index (κ3) is 4.58. The molecule has 0 N–H and O–H groups in total. The van der Waals surface area contributed by atoms with E-state index in [1.807, 2.05) is 39.9 Å². The number of rotatable bonds is 5. The van der Waals surface area contributed by atoms with E-state index >= 15 is 0 Å². The lowest BCUT2D eigenvalue weighted by atomic mass is 9.92. The number of methoxy groups -OCH3 is 1. The molecule has 1 saturated heterocycles. The smallest absolute Gasteiger partial charge is 0.242 e. The number of carbonyl (C=O) groups excluding carboxylic acids is 1. The van der Waals surface area contributed by atoms with E-state index in [1.165, 1.54) is 6.42 Å². The van der Waals surface area contributed by atoms with Gasteiger partial charge in [-0.25, -0.2) is 0 Å². The summed E-state index contributed by atoms with van der Waals surface area (Å²) < 4.78 is 7.30. The fraction of sp³-hybridized carbons (Fsp3) is 0.571. The number of hydrogen-bond donors (Lipinski definition) is 0. The molecule has 0 unspecified atom stereocenters. The summed E-state index contributed by atoms with van der Waals surface area (Å²) in [4.78, 5) is 17.2. The second-order valence-electron chi connectivity index (χ2n) is 8.40. The zero-order valence-electron chi connectivity index (χ0n) is 16.5. The minimum absolute atomic E-state index is 0.203. The highest BCUT2D eigenvalue weighted by Gasteiger charge is 2.22. The molecule has 1 aliphatic heterocycles. The number of hydrogen-bond acceptors (Lipinski definition) is 3. The van der Waals surface area contributed by atoms with Gasteiger partial charge in [-0.3, -0.25) is 9.69 Å². The first kappa shape index (κ1) is 18.8. The molecule has 1 aromatic heterocycles. The lowest BCUT2D eigenvalue weighted by molar-refractivity contribution is -0.133. The Kier molecular flexibility index (Phi) is 5.56. The van der Waals surface area contributed by atoms with Crippen molar-refractivity contribution in [2.24, 2.45) is 5.41 Å². The van der Waals surface area contributed by atoms with E-state index < -0.39 is 0 Å². The molecule has 5 nitrogen and oxygen atoms in total. The van der Waals surface area contributed by atoms with E-state index in [-0.39, 0.29) is 5.91 Å². The number of ether oxygens (including phenoxy) is 1. The van der Waals surface area contributed by atoms with Crippen LogP contribution in [0.1, 0.15) is 27.2 Å². The van der Waals surface area contributed by atoms with Gasteiger partial charge in [-0.15, -0.1) is 0 Å². The number of nitrogens with zero attached hydrogens (tertiary/aromatic N) is 3. The molecule has 2 aromatic rings. The van der Waals surface area contributed by atoms with Crippen molar-refractivity contribution in [3.63, 3.8) is 0 Å². The maximum absolute atomic E-state index is 12.7. The molecule has 0 atom stereocenters. The van der Waals surface area contributed by atoms with Gasteiger partial charge >= 0.3 is 0 Å². The van der Waals surface area contributed by atoms with Crippen molar-refractivity contribution in [2.75, 3.05) is 39.8 Å². The van der Waals surface area contributed by atoms with Crippen LogP contribution in [-0.2, 0) is 11.3 Å². The highest BCUT2D eigenvalue weighted by atomic mass is 16.5. The van der Waals surface area contributed by atoms with Gasteiger partial charge in [-0.05, 0) is 42.6 Å². The molecule has 0 radical (unpaired) electrons. The Bertz CT molecular complexity index is 752. The lowest BCUT2D eigenvalue weighted by Gasteiger charge is -2.36. The highest BCUT2D eigenvalue weighted by Crippen LogP contribution is 2.22. The molecule has 26 heavy (non-hydrogen) atoms. The summed E-state index contributed by atoms with van der Waals surface area (Å²) in [6.45, 7) is 12.0. The van der Waals surface area contributed by atoms with Gasteiger partial charge in [0.2, 0.25) is 5.91 Å². The molecular weight excluding hydrogens is 326 g/mol. The van der Waals surface area contributed by atoms with Crippen LogP contribution in [0.25, 0.3) is 10.9 Å². The summed E-state index contributed by atoms with van der Waals surface area (Å²) in [6.07, 6.45) is 3.18. The highest BCUT2D eigenvalue weighted by molar-refractivity contribution is 5.84. The van der Waals surface area contributed by atoms with E-state index in [9.17, 15) is 4.79 Å². The van der Waals surface area contributed by atoms with Gasteiger partial charge in [0.1, 0.15) is 12.3 Å². The van der Waals surface area contributed by atoms with E-state index in [1.54, 1.807) is 7.11 Å². The molecule has 0 bridgehead atoms. The van der Waals surface area contributed by atoms with E-state index in [2.05, 4.69) is 25.7 Å². The minimum Gasteiger partial charge on any atom is -0.497 e. The largest absolute Gasteiger partial charge is 0.497 e. The molecule has 142 valence electrons. The minimum atomic E-state index is 0.203. The maximum atomic E-state index is 12.7. The molecule has 1 aliphatic rings. The summed E-state index contributed by atoms with van der Waals surface area (Å²) in [5.74, 6) is 1.04. The fourth-order valence-corrected chi connectivity index (χ4v) is 3.40. The monoisotopic (exact) mass is 357 g/mol. The van der Waals surface area contributed by atoms with Crippen molar-refractivity contribution >= 4 is 16.8 Å². The van der Waals surface area contributed by atoms with Crippen LogP contribution in [0.5, 0.6) is 5.75 Å². The van der Waals surface area contributed by atoms with Gasteiger partial charge < -0.3 is 14.2 Å². The molecule has 1 aromatic carbocycles. The van der Waals surface area contributed by atoms with Crippen LogP contribution >= 0.6 is 0 Å². The van der Waals surface area contributed by atoms with Crippen LogP contribution in [0, 0.1) is 5.41 Å². The molecule has 5 heteroatoms. The first-order valence-electron chi connectivity index (χ1n) is 9.49. The first-order valence-corrected chi connectivity index (χ1v) is 9.49. The van der Waals surface area contributed by atoms with Gasteiger partial charge in [0, 0.05) is 43.3 Å². The van der Waals surface area contributed by atoms with Crippen LogP contribution in [-0.4, -0.2) is 60.1 Å². The first-order chi connectivity index (χ1) is 12.4. The quantitative estimate of drug-likeness (QED) is 0.824. The van der Waals surface area contributed by atoms with Crippen LogP contribution in [0.4, 0.5) is 0 Å². The second-order valence-corrected chi connectivity index (χ2v) is 8.40. The summed E-state index contributed by atoms with van der Waals surface area (Å²) >= 11 is 0. The third-order valence-electron chi connectivity index (χ3n) is 5.19. The maximum Gasteiger partial charge on any atom is 0.242 e. The Morgan fingerprint density at radius 2 is 1.85 bits per heavy atom. The lowest BCUT2D eigenvalue weighted by Crippen LogP contribution is -2.49. The molecule has 0 spiro atoms. The molecule has 1 fully saturated rings. The molecule has 0 saturated carbocycles. The van der Waals surface area contributed by atoms with Gasteiger partial charge in [-0.2, -0.15) is 0 Å². The Balaban J connectivity index is 1.55.